The summed E-state index contributed by atoms with van der Waals surface area (Å²) in [5, 5.41) is 2.94. The summed E-state index contributed by atoms with van der Waals surface area (Å²) < 4.78 is 27.7. The van der Waals surface area contributed by atoms with Crippen molar-refractivity contribution in [3.63, 3.8) is 0 Å². The Bertz CT molecular complexity index is 877. The highest BCUT2D eigenvalue weighted by molar-refractivity contribution is 8.00. The van der Waals surface area contributed by atoms with Gasteiger partial charge in [-0.05, 0) is 37.3 Å². The number of carbonyl (C=O) groups is 1. The zero-order valence-electron chi connectivity index (χ0n) is 13.4. The minimum atomic E-state index is -3.71. The first-order chi connectivity index (χ1) is 11.3. The normalized spacial score (nSPS) is 17.6. The van der Waals surface area contributed by atoms with Gasteiger partial charge in [-0.15, -0.1) is 11.8 Å². The summed E-state index contributed by atoms with van der Waals surface area (Å²) in [6.45, 7) is 3.91. The van der Waals surface area contributed by atoms with Crippen LogP contribution in [0.3, 0.4) is 0 Å². The van der Waals surface area contributed by atoms with Crippen molar-refractivity contribution < 1.29 is 13.2 Å². The van der Waals surface area contributed by atoms with Gasteiger partial charge >= 0.3 is 0 Å². The van der Waals surface area contributed by atoms with Crippen LogP contribution in [0.1, 0.15) is 18.9 Å². The lowest BCUT2D eigenvalue weighted by molar-refractivity contribution is -0.116. The van der Waals surface area contributed by atoms with Gasteiger partial charge in [-0.1, -0.05) is 24.6 Å². The second-order valence-corrected chi connectivity index (χ2v) is 8.97. The topological polar surface area (TPSA) is 75.3 Å². The highest BCUT2D eigenvalue weighted by Gasteiger charge is 2.22. The van der Waals surface area contributed by atoms with Gasteiger partial charge in [-0.25, -0.2) is 8.42 Å². The minimum absolute atomic E-state index is 0.102. The lowest BCUT2D eigenvalue weighted by atomic mass is 10.2. The van der Waals surface area contributed by atoms with Crippen LogP contribution in [0.4, 0.5) is 11.4 Å². The van der Waals surface area contributed by atoms with Gasteiger partial charge in [-0.3, -0.25) is 9.52 Å². The predicted molar refractivity (Wildman–Crippen MR) is 97.0 cm³/mol. The van der Waals surface area contributed by atoms with Crippen molar-refractivity contribution in [2.75, 3.05) is 10.0 Å². The molecule has 1 amide bonds. The second kappa shape index (κ2) is 6.49. The number of carbonyl (C=O) groups excluding carboxylic acids is 1. The molecule has 1 unspecified atom stereocenters. The first kappa shape index (κ1) is 16.9. The summed E-state index contributed by atoms with van der Waals surface area (Å²) >= 11 is 1.56. The van der Waals surface area contributed by atoms with Crippen LogP contribution in [0.5, 0.6) is 0 Å². The Morgan fingerprint density at radius 1 is 1.17 bits per heavy atom. The molecule has 0 radical (unpaired) electrons. The van der Waals surface area contributed by atoms with Crippen molar-refractivity contribution in [1.82, 2.24) is 0 Å². The average molecular weight is 362 g/mol. The van der Waals surface area contributed by atoms with Gasteiger partial charge in [0.2, 0.25) is 5.91 Å². The standard InChI is InChI=1S/C17H18N2O3S2/c1-11-3-5-13(6-4-11)19-24(21,22)14-7-8-16-15(10-14)18-17(20)9-12(2)23-16/h3-8,10,12,19H,9H2,1-2H3,(H,18,20). The van der Waals surface area contributed by atoms with E-state index in [2.05, 4.69) is 10.0 Å². The first-order valence-corrected chi connectivity index (χ1v) is 9.90. The van der Waals surface area contributed by atoms with E-state index in [1.54, 1.807) is 36.0 Å². The summed E-state index contributed by atoms with van der Waals surface area (Å²) in [6.07, 6.45) is 0.406. The van der Waals surface area contributed by atoms with Gasteiger partial charge in [0.15, 0.2) is 0 Å². The second-order valence-electron chi connectivity index (χ2n) is 5.81. The number of amides is 1. The van der Waals surface area contributed by atoms with Gasteiger partial charge in [0, 0.05) is 22.3 Å². The van der Waals surface area contributed by atoms with Crippen molar-refractivity contribution in [1.29, 1.82) is 0 Å². The fourth-order valence-electron chi connectivity index (χ4n) is 2.43. The van der Waals surface area contributed by atoms with Gasteiger partial charge in [0.05, 0.1) is 10.6 Å². The van der Waals surface area contributed by atoms with E-state index in [0.29, 0.717) is 17.8 Å². The molecular weight excluding hydrogens is 344 g/mol. The predicted octanol–water partition coefficient (Wildman–Crippen LogP) is 3.62. The number of aryl methyl sites for hydroxylation is 1. The van der Waals surface area contributed by atoms with Crippen LogP contribution < -0.4 is 10.0 Å². The van der Waals surface area contributed by atoms with Crippen LogP contribution in [0.15, 0.2) is 52.3 Å². The molecule has 7 heteroatoms. The zero-order valence-corrected chi connectivity index (χ0v) is 15.0. The monoisotopic (exact) mass is 362 g/mol. The molecule has 5 nitrogen and oxygen atoms in total. The third-order valence-electron chi connectivity index (χ3n) is 3.64. The number of rotatable bonds is 3. The molecule has 0 fully saturated rings. The highest BCUT2D eigenvalue weighted by atomic mass is 32.2. The van der Waals surface area contributed by atoms with Crippen LogP contribution in [-0.2, 0) is 14.8 Å². The lowest BCUT2D eigenvalue weighted by Crippen LogP contribution is -2.15. The number of anilines is 2. The van der Waals surface area contributed by atoms with E-state index in [4.69, 9.17) is 0 Å². The molecule has 0 spiro atoms. The fraction of sp³-hybridized carbons (Fsp3) is 0.235. The summed E-state index contributed by atoms with van der Waals surface area (Å²) in [4.78, 5) is 12.9. The quantitative estimate of drug-likeness (QED) is 0.874. The number of hydrogen-bond donors (Lipinski definition) is 2. The number of hydrogen-bond acceptors (Lipinski definition) is 4. The number of sulfonamides is 1. The SMILES string of the molecule is Cc1ccc(NS(=O)(=O)c2ccc3c(c2)NC(=O)CC(C)S3)cc1. The van der Waals surface area contributed by atoms with E-state index in [-0.39, 0.29) is 16.1 Å². The van der Waals surface area contributed by atoms with E-state index in [0.717, 1.165) is 10.5 Å². The molecule has 0 bridgehead atoms. The third kappa shape index (κ3) is 3.73. The Balaban J connectivity index is 1.91. The number of thioether (sulfide) groups is 1. The van der Waals surface area contributed by atoms with Gasteiger partial charge in [0.1, 0.15) is 0 Å². The van der Waals surface area contributed by atoms with Crippen molar-refractivity contribution in [2.24, 2.45) is 0 Å². The zero-order chi connectivity index (χ0) is 17.3. The molecule has 2 aromatic carbocycles. The van der Waals surface area contributed by atoms with Crippen molar-refractivity contribution in [2.45, 2.75) is 35.3 Å². The molecule has 0 saturated carbocycles. The average Bonchev–Trinajstić information content (AvgIpc) is 2.64. The molecule has 1 aliphatic heterocycles. The van der Waals surface area contributed by atoms with E-state index in [9.17, 15) is 13.2 Å². The largest absolute Gasteiger partial charge is 0.325 e. The lowest BCUT2D eigenvalue weighted by Gasteiger charge is -2.12. The summed E-state index contributed by atoms with van der Waals surface area (Å²) in [5.41, 5.74) is 2.10. The Morgan fingerprint density at radius 2 is 1.88 bits per heavy atom. The van der Waals surface area contributed by atoms with Crippen molar-refractivity contribution in [3.8, 4) is 0 Å². The molecular formula is C17H18N2O3S2. The van der Waals surface area contributed by atoms with Crippen molar-refractivity contribution >= 4 is 39.1 Å². The Kier molecular flexibility index (Phi) is 4.56. The van der Waals surface area contributed by atoms with E-state index >= 15 is 0 Å². The van der Waals surface area contributed by atoms with E-state index in [1.165, 1.54) is 6.07 Å². The molecule has 1 heterocycles. The molecule has 2 aromatic rings. The molecule has 126 valence electrons. The molecule has 1 aliphatic rings. The smallest absolute Gasteiger partial charge is 0.261 e. The number of fused-ring (bicyclic) bond motifs is 1. The maximum atomic E-state index is 12.6. The molecule has 3 rings (SSSR count). The maximum absolute atomic E-state index is 12.6. The molecule has 0 aromatic heterocycles. The van der Waals surface area contributed by atoms with Gasteiger partial charge in [-0.2, -0.15) is 0 Å². The fourth-order valence-corrected chi connectivity index (χ4v) is 4.57. The Morgan fingerprint density at radius 3 is 2.58 bits per heavy atom. The minimum Gasteiger partial charge on any atom is -0.325 e. The van der Waals surface area contributed by atoms with Gasteiger partial charge < -0.3 is 5.32 Å². The van der Waals surface area contributed by atoms with Crippen LogP contribution in [0.25, 0.3) is 0 Å². The first-order valence-electron chi connectivity index (χ1n) is 7.53. The van der Waals surface area contributed by atoms with Crippen LogP contribution in [0.2, 0.25) is 0 Å². The molecule has 0 saturated heterocycles. The molecule has 24 heavy (non-hydrogen) atoms. The number of nitrogens with one attached hydrogen (secondary N) is 2. The third-order valence-corrected chi connectivity index (χ3v) is 6.20. The number of benzene rings is 2. The van der Waals surface area contributed by atoms with Crippen LogP contribution >= 0.6 is 11.8 Å². The van der Waals surface area contributed by atoms with Crippen LogP contribution in [-0.4, -0.2) is 19.6 Å². The summed E-state index contributed by atoms with van der Waals surface area (Å²) in [6, 6.07) is 11.9. The summed E-state index contributed by atoms with van der Waals surface area (Å²) in [7, 11) is -3.71. The van der Waals surface area contributed by atoms with Gasteiger partial charge in [0.25, 0.3) is 10.0 Å². The van der Waals surface area contributed by atoms with E-state index in [1.807, 2.05) is 26.0 Å². The highest BCUT2D eigenvalue weighted by Crippen LogP contribution is 2.36. The molecule has 0 aliphatic carbocycles. The molecule has 1 atom stereocenters. The summed E-state index contributed by atoms with van der Waals surface area (Å²) in [5.74, 6) is -0.102. The maximum Gasteiger partial charge on any atom is 0.261 e. The van der Waals surface area contributed by atoms with Crippen LogP contribution in [0, 0.1) is 6.92 Å². The Hall–Kier alpha value is -1.99. The molecule has 2 N–H and O–H groups in total. The van der Waals surface area contributed by atoms with Crippen molar-refractivity contribution in [3.05, 3.63) is 48.0 Å². The van der Waals surface area contributed by atoms with E-state index < -0.39 is 10.0 Å². The Labute approximate surface area is 145 Å².